The molecule has 1 heterocycles. The molecule has 36 heavy (non-hydrogen) atoms. The van der Waals surface area contributed by atoms with Crippen molar-refractivity contribution < 1.29 is 23.9 Å². The number of urea groups is 1. The highest BCUT2D eigenvalue weighted by atomic mass is 79.9. The van der Waals surface area contributed by atoms with Gasteiger partial charge in [0, 0.05) is 4.47 Å². The summed E-state index contributed by atoms with van der Waals surface area (Å²) in [6.45, 7) is 3.08. The summed E-state index contributed by atoms with van der Waals surface area (Å²) >= 11 is 3.41. The molecular weight excluding hydrogens is 524 g/mol. The van der Waals surface area contributed by atoms with Gasteiger partial charge in [-0.2, -0.15) is 0 Å². The molecule has 4 amide bonds. The summed E-state index contributed by atoms with van der Waals surface area (Å²) in [6.07, 6.45) is 3.41. The standard InChI is InChI=1S/C28H25BrN2O5/c1-2-3-16-35-23-14-10-22(11-15-23)31-27(33)25(26(32)30-28(31)34)17-19-6-12-24(13-7-19)36-18-20-4-8-21(29)9-5-20/h4-15,17H,2-3,16,18H2,1H3,(H,30,32,34)/b25-17-. The topological polar surface area (TPSA) is 84.9 Å². The quantitative estimate of drug-likeness (QED) is 0.205. The van der Waals surface area contributed by atoms with Crippen LogP contribution in [0.15, 0.2) is 82.8 Å². The number of benzene rings is 3. The minimum atomic E-state index is -0.793. The Bertz CT molecular complexity index is 1270. The lowest BCUT2D eigenvalue weighted by atomic mass is 10.1. The zero-order valence-corrected chi connectivity index (χ0v) is 21.3. The molecule has 7 nitrogen and oxygen atoms in total. The largest absolute Gasteiger partial charge is 0.494 e. The van der Waals surface area contributed by atoms with Crippen LogP contribution >= 0.6 is 15.9 Å². The zero-order chi connectivity index (χ0) is 25.5. The summed E-state index contributed by atoms with van der Waals surface area (Å²) in [5.41, 5.74) is 1.86. The number of hydrogen-bond acceptors (Lipinski definition) is 5. The van der Waals surface area contributed by atoms with Gasteiger partial charge in [0.05, 0.1) is 12.3 Å². The SMILES string of the molecule is CCCCOc1ccc(N2C(=O)NC(=O)/C(=C/c3ccc(OCc4ccc(Br)cc4)cc3)C2=O)cc1. The molecule has 0 radical (unpaired) electrons. The fourth-order valence-corrected chi connectivity index (χ4v) is 3.76. The van der Waals surface area contributed by atoms with Gasteiger partial charge in [-0.05, 0) is 72.2 Å². The third kappa shape index (κ3) is 6.20. The molecule has 3 aromatic carbocycles. The fraction of sp³-hybridized carbons (Fsp3) is 0.179. The number of ether oxygens (including phenoxy) is 2. The van der Waals surface area contributed by atoms with Crippen molar-refractivity contribution in [3.8, 4) is 11.5 Å². The number of halogens is 1. The van der Waals surface area contributed by atoms with Crippen molar-refractivity contribution >= 4 is 45.5 Å². The van der Waals surface area contributed by atoms with Crippen molar-refractivity contribution in [1.82, 2.24) is 5.32 Å². The van der Waals surface area contributed by atoms with Gasteiger partial charge in [0.1, 0.15) is 23.7 Å². The van der Waals surface area contributed by atoms with Crippen LogP contribution in [0.4, 0.5) is 10.5 Å². The monoisotopic (exact) mass is 548 g/mol. The van der Waals surface area contributed by atoms with Crippen molar-refractivity contribution in [2.75, 3.05) is 11.5 Å². The van der Waals surface area contributed by atoms with Crippen molar-refractivity contribution in [1.29, 1.82) is 0 Å². The number of carbonyl (C=O) groups excluding carboxylic acids is 3. The van der Waals surface area contributed by atoms with Gasteiger partial charge in [-0.25, -0.2) is 9.69 Å². The van der Waals surface area contributed by atoms with Gasteiger partial charge in [0.2, 0.25) is 0 Å². The number of amides is 4. The number of barbiturate groups is 1. The van der Waals surface area contributed by atoms with E-state index in [-0.39, 0.29) is 5.57 Å². The van der Waals surface area contributed by atoms with E-state index in [9.17, 15) is 14.4 Å². The van der Waals surface area contributed by atoms with E-state index in [4.69, 9.17) is 9.47 Å². The number of nitrogens with zero attached hydrogens (tertiary/aromatic N) is 1. The number of imide groups is 2. The summed E-state index contributed by atoms with van der Waals surface area (Å²) in [6, 6.07) is 20.7. The van der Waals surface area contributed by atoms with Crippen LogP contribution in [0.3, 0.4) is 0 Å². The molecule has 1 N–H and O–H groups in total. The fourth-order valence-electron chi connectivity index (χ4n) is 3.49. The van der Waals surface area contributed by atoms with Crippen molar-refractivity contribution in [3.05, 3.63) is 94.0 Å². The molecule has 3 aromatic rings. The van der Waals surface area contributed by atoms with E-state index < -0.39 is 17.8 Å². The number of carbonyl (C=O) groups is 3. The Hall–Kier alpha value is -3.91. The highest BCUT2D eigenvalue weighted by molar-refractivity contribution is 9.10. The lowest BCUT2D eigenvalue weighted by Crippen LogP contribution is -2.54. The van der Waals surface area contributed by atoms with Crippen LogP contribution in [-0.4, -0.2) is 24.5 Å². The number of rotatable bonds is 9. The summed E-state index contributed by atoms with van der Waals surface area (Å²) in [5.74, 6) is -0.140. The lowest BCUT2D eigenvalue weighted by Gasteiger charge is -2.26. The van der Waals surface area contributed by atoms with E-state index >= 15 is 0 Å². The molecule has 0 spiro atoms. The van der Waals surface area contributed by atoms with E-state index in [1.165, 1.54) is 6.08 Å². The smallest absolute Gasteiger partial charge is 0.335 e. The van der Waals surface area contributed by atoms with Gasteiger partial charge in [-0.15, -0.1) is 0 Å². The molecule has 0 aromatic heterocycles. The van der Waals surface area contributed by atoms with Crippen LogP contribution < -0.4 is 19.7 Å². The van der Waals surface area contributed by atoms with E-state index in [0.29, 0.717) is 36.0 Å². The van der Waals surface area contributed by atoms with Gasteiger partial charge in [-0.3, -0.25) is 14.9 Å². The maximum atomic E-state index is 13.1. The second kappa shape index (κ2) is 11.7. The minimum absolute atomic E-state index is 0.138. The zero-order valence-electron chi connectivity index (χ0n) is 19.7. The van der Waals surface area contributed by atoms with Crippen LogP contribution in [-0.2, 0) is 16.2 Å². The van der Waals surface area contributed by atoms with Gasteiger partial charge in [-0.1, -0.05) is 53.5 Å². The number of nitrogens with one attached hydrogen (secondary N) is 1. The number of hydrogen-bond donors (Lipinski definition) is 1. The van der Waals surface area contributed by atoms with Gasteiger partial charge in [0.15, 0.2) is 0 Å². The van der Waals surface area contributed by atoms with Crippen molar-refractivity contribution in [2.24, 2.45) is 0 Å². The molecule has 0 atom stereocenters. The molecule has 4 rings (SSSR count). The number of anilines is 1. The Morgan fingerprint density at radius 3 is 2.17 bits per heavy atom. The van der Waals surface area contributed by atoms with Crippen LogP contribution in [0.5, 0.6) is 11.5 Å². The molecule has 184 valence electrons. The Balaban J connectivity index is 1.46. The minimum Gasteiger partial charge on any atom is -0.494 e. The van der Waals surface area contributed by atoms with Crippen LogP contribution in [0, 0.1) is 0 Å². The van der Waals surface area contributed by atoms with E-state index in [0.717, 1.165) is 27.8 Å². The van der Waals surface area contributed by atoms with Crippen molar-refractivity contribution in [2.45, 2.75) is 26.4 Å². The van der Waals surface area contributed by atoms with Gasteiger partial charge >= 0.3 is 6.03 Å². The molecule has 1 aliphatic heterocycles. The molecule has 0 bridgehead atoms. The maximum Gasteiger partial charge on any atom is 0.335 e. The third-order valence-corrected chi connectivity index (χ3v) is 6.00. The molecule has 0 saturated carbocycles. The summed E-state index contributed by atoms with van der Waals surface area (Å²) in [5, 5.41) is 2.24. The van der Waals surface area contributed by atoms with E-state index in [2.05, 4.69) is 28.2 Å². The highest BCUT2D eigenvalue weighted by Gasteiger charge is 2.36. The first-order valence-corrected chi connectivity index (χ1v) is 12.4. The van der Waals surface area contributed by atoms with Crippen LogP contribution in [0.25, 0.3) is 6.08 Å². The Morgan fingerprint density at radius 2 is 1.50 bits per heavy atom. The summed E-state index contributed by atoms with van der Waals surface area (Å²) in [4.78, 5) is 39.0. The van der Waals surface area contributed by atoms with Crippen LogP contribution in [0.2, 0.25) is 0 Å². The predicted molar refractivity (Wildman–Crippen MR) is 141 cm³/mol. The summed E-state index contributed by atoms with van der Waals surface area (Å²) in [7, 11) is 0. The first kappa shape index (κ1) is 25.2. The van der Waals surface area contributed by atoms with Crippen molar-refractivity contribution in [3.63, 3.8) is 0 Å². The van der Waals surface area contributed by atoms with Crippen LogP contribution in [0.1, 0.15) is 30.9 Å². The average Bonchev–Trinajstić information content (AvgIpc) is 2.88. The lowest BCUT2D eigenvalue weighted by molar-refractivity contribution is -0.122. The summed E-state index contributed by atoms with van der Waals surface area (Å²) < 4.78 is 12.4. The normalized spacial score (nSPS) is 14.7. The van der Waals surface area contributed by atoms with Gasteiger partial charge in [0.25, 0.3) is 11.8 Å². The molecule has 0 aliphatic carbocycles. The molecule has 0 unspecified atom stereocenters. The predicted octanol–water partition coefficient (Wildman–Crippen LogP) is 5.87. The molecule has 1 fully saturated rings. The first-order valence-electron chi connectivity index (χ1n) is 11.6. The van der Waals surface area contributed by atoms with Gasteiger partial charge < -0.3 is 9.47 Å². The molecule has 8 heteroatoms. The van der Waals surface area contributed by atoms with E-state index in [1.807, 2.05) is 24.3 Å². The second-order valence-electron chi connectivity index (χ2n) is 8.14. The Morgan fingerprint density at radius 1 is 0.861 bits per heavy atom. The van der Waals surface area contributed by atoms with E-state index in [1.54, 1.807) is 48.5 Å². The Labute approximate surface area is 217 Å². The number of unbranched alkanes of at least 4 members (excludes halogenated alkanes) is 1. The molecule has 1 saturated heterocycles. The highest BCUT2D eigenvalue weighted by Crippen LogP contribution is 2.25. The first-order chi connectivity index (χ1) is 17.4. The second-order valence-corrected chi connectivity index (χ2v) is 9.05. The third-order valence-electron chi connectivity index (χ3n) is 5.47. The molecular formula is C28H25BrN2O5. The molecule has 1 aliphatic rings. The average molecular weight is 549 g/mol. The Kier molecular flexibility index (Phi) is 8.17. The maximum absolute atomic E-state index is 13.1.